The minimum atomic E-state index is -3.10. The molecule has 174 valence electrons. The van der Waals surface area contributed by atoms with Gasteiger partial charge in [-0.3, -0.25) is 10.1 Å². The number of benzene rings is 2. The van der Waals surface area contributed by atoms with Crippen LogP contribution in [0, 0.1) is 0 Å². The Labute approximate surface area is 197 Å². The summed E-state index contributed by atoms with van der Waals surface area (Å²) in [5, 5.41) is 8.22. The minimum Gasteiger partial charge on any atom is -0.337 e. The average Bonchev–Trinajstić information content (AvgIpc) is 3.17. The van der Waals surface area contributed by atoms with Gasteiger partial charge in [-0.1, -0.05) is 51.1 Å². The number of nitrogens with zero attached hydrogens (tertiary/aromatic N) is 1. The van der Waals surface area contributed by atoms with Gasteiger partial charge >= 0.3 is 6.03 Å². The fourth-order valence-corrected chi connectivity index (χ4v) is 5.93. The van der Waals surface area contributed by atoms with Gasteiger partial charge in [0.2, 0.25) is 0 Å². The van der Waals surface area contributed by atoms with Crippen LogP contribution in [0.5, 0.6) is 0 Å². The first-order valence-electron chi connectivity index (χ1n) is 10.7. The SMILES string of the molecule is CC(C)(C)c1cc(C(=O)N2CCS(=O)(=O)CC2)c(NC(=O)Nc2ccc3ccccc3c2)s1. The van der Waals surface area contributed by atoms with Crippen molar-refractivity contribution < 1.29 is 18.0 Å². The van der Waals surface area contributed by atoms with Gasteiger partial charge < -0.3 is 10.2 Å². The van der Waals surface area contributed by atoms with Gasteiger partial charge in [0, 0.05) is 23.7 Å². The van der Waals surface area contributed by atoms with Crippen molar-refractivity contribution >= 4 is 54.6 Å². The summed E-state index contributed by atoms with van der Waals surface area (Å²) in [4.78, 5) is 28.5. The van der Waals surface area contributed by atoms with Gasteiger partial charge in [0.15, 0.2) is 9.84 Å². The molecule has 1 fully saturated rings. The van der Waals surface area contributed by atoms with Gasteiger partial charge in [0.1, 0.15) is 5.00 Å². The first-order chi connectivity index (χ1) is 15.5. The van der Waals surface area contributed by atoms with E-state index in [0.717, 1.165) is 15.6 Å². The molecule has 0 saturated carbocycles. The third kappa shape index (κ3) is 5.36. The second kappa shape index (κ2) is 8.79. The molecule has 0 spiro atoms. The van der Waals surface area contributed by atoms with Gasteiger partial charge in [0.25, 0.3) is 5.91 Å². The fourth-order valence-electron chi connectivity index (χ4n) is 3.63. The number of rotatable bonds is 3. The van der Waals surface area contributed by atoms with E-state index in [2.05, 4.69) is 10.6 Å². The van der Waals surface area contributed by atoms with Crippen LogP contribution in [0.15, 0.2) is 48.5 Å². The number of hydrogen-bond acceptors (Lipinski definition) is 5. The lowest BCUT2D eigenvalue weighted by Gasteiger charge is -2.26. The van der Waals surface area contributed by atoms with Crippen molar-refractivity contribution in [3.63, 3.8) is 0 Å². The molecule has 2 N–H and O–H groups in total. The van der Waals surface area contributed by atoms with E-state index in [-0.39, 0.29) is 35.9 Å². The quantitative estimate of drug-likeness (QED) is 0.561. The van der Waals surface area contributed by atoms with Crippen molar-refractivity contribution in [2.75, 3.05) is 35.2 Å². The summed E-state index contributed by atoms with van der Waals surface area (Å²) in [6.45, 7) is 6.44. The van der Waals surface area contributed by atoms with Gasteiger partial charge in [-0.25, -0.2) is 13.2 Å². The lowest BCUT2D eigenvalue weighted by atomic mass is 9.94. The molecule has 0 unspecified atom stereocenters. The number of carbonyl (C=O) groups is 2. The van der Waals surface area contributed by atoms with Gasteiger partial charge in [-0.2, -0.15) is 0 Å². The Balaban J connectivity index is 1.56. The van der Waals surface area contributed by atoms with Crippen molar-refractivity contribution in [1.29, 1.82) is 0 Å². The maximum Gasteiger partial charge on any atom is 0.324 e. The number of sulfone groups is 1. The Morgan fingerprint density at radius 3 is 2.27 bits per heavy atom. The third-order valence-electron chi connectivity index (χ3n) is 5.57. The van der Waals surface area contributed by atoms with Crippen LogP contribution in [-0.4, -0.2) is 49.9 Å². The standard InChI is InChI=1S/C24H27N3O4S2/c1-24(2,3)20-15-19(22(28)27-10-12-33(30,31)13-11-27)21(32-20)26-23(29)25-18-9-8-16-6-4-5-7-17(16)14-18/h4-9,14-15H,10-13H2,1-3H3,(H2,25,26,29). The Bertz CT molecular complexity index is 1310. The average molecular weight is 486 g/mol. The number of hydrogen-bond donors (Lipinski definition) is 2. The van der Waals surface area contributed by atoms with Crippen LogP contribution in [0.25, 0.3) is 10.8 Å². The predicted molar refractivity (Wildman–Crippen MR) is 134 cm³/mol. The Morgan fingerprint density at radius 1 is 0.939 bits per heavy atom. The van der Waals surface area contributed by atoms with Crippen LogP contribution in [0.1, 0.15) is 36.0 Å². The monoisotopic (exact) mass is 485 g/mol. The number of amides is 3. The Morgan fingerprint density at radius 2 is 1.61 bits per heavy atom. The molecule has 1 aromatic heterocycles. The maximum atomic E-state index is 13.2. The topological polar surface area (TPSA) is 95.6 Å². The molecule has 3 aromatic rings. The molecule has 1 saturated heterocycles. The lowest BCUT2D eigenvalue weighted by molar-refractivity contribution is 0.0771. The smallest absolute Gasteiger partial charge is 0.324 e. The van der Waals surface area contributed by atoms with E-state index in [1.54, 1.807) is 4.90 Å². The van der Waals surface area contributed by atoms with E-state index in [1.807, 2.05) is 69.3 Å². The highest BCUT2D eigenvalue weighted by Crippen LogP contribution is 2.37. The molecule has 4 rings (SSSR count). The molecule has 2 aromatic carbocycles. The predicted octanol–water partition coefficient (Wildman–Crippen LogP) is 4.71. The summed E-state index contributed by atoms with van der Waals surface area (Å²) in [5.41, 5.74) is 0.825. The second-order valence-electron chi connectivity index (χ2n) is 9.19. The fraction of sp³-hybridized carbons (Fsp3) is 0.333. The molecule has 0 atom stereocenters. The van der Waals surface area contributed by atoms with E-state index >= 15 is 0 Å². The summed E-state index contributed by atoms with van der Waals surface area (Å²) in [7, 11) is -3.10. The van der Waals surface area contributed by atoms with Crippen LogP contribution in [0.2, 0.25) is 0 Å². The van der Waals surface area contributed by atoms with Crippen LogP contribution in [-0.2, 0) is 15.3 Å². The number of fused-ring (bicyclic) bond motifs is 1. The zero-order valence-corrected chi connectivity index (χ0v) is 20.5. The Hall–Kier alpha value is -2.91. The zero-order valence-electron chi connectivity index (χ0n) is 18.8. The first kappa shape index (κ1) is 23.3. The molecule has 2 heterocycles. The van der Waals surface area contributed by atoms with Gasteiger partial charge in [-0.05, 0) is 34.4 Å². The highest BCUT2D eigenvalue weighted by atomic mass is 32.2. The van der Waals surface area contributed by atoms with Crippen LogP contribution < -0.4 is 10.6 Å². The molecular formula is C24H27N3O4S2. The summed E-state index contributed by atoms with van der Waals surface area (Å²) in [6.07, 6.45) is 0. The van der Waals surface area contributed by atoms with Crippen LogP contribution in [0.4, 0.5) is 15.5 Å². The van der Waals surface area contributed by atoms with Crippen molar-refractivity contribution in [2.24, 2.45) is 0 Å². The molecule has 0 aliphatic carbocycles. The largest absolute Gasteiger partial charge is 0.337 e. The zero-order chi connectivity index (χ0) is 23.8. The normalized spacial score (nSPS) is 15.9. The summed E-state index contributed by atoms with van der Waals surface area (Å²) >= 11 is 1.36. The van der Waals surface area contributed by atoms with Crippen LogP contribution >= 0.6 is 11.3 Å². The number of urea groups is 1. The van der Waals surface area contributed by atoms with Gasteiger partial charge in [-0.15, -0.1) is 11.3 Å². The first-order valence-corrected chi connectivity index (χ1v) is 13.4. The minimum absolute atomic E-state index is 0.0415. The van der Waals surface area contributed by atoms with E-state index < -0.39 is 15.9 Å². The molecule has 1 aliphatic heterocycles. The Kier molecular flexibility index (Phi) is 6.20. The maximum absolute atomic E-state index is 13.2. The molecule has 0 bridgehead atoms. The molecule has 1 aliphatic rings. The van der Waals surface area contributed by atoms with E-state index in [0.29, 0.717) is 16.3 Å². The molecule has 33 heavy (non-hydrogen) atoms. The third-order valence-corrected chi connectivity index (χ3v) is 8.65. The van der Waals surface area contributed by atoms with E-state index in [1.165, 1.54) is 11.3 Å². The van der Waals surface area contributed by atoms with Crippen molar-refractivity contribution in [1.82, 2.24) is 4.90 Å². The van der Waals surface area contributed by atoms with E-state index in [4.69, 9.17) is 0 Å². The van der Waals surface area contributed by atoms with Crippen molar-refractivity contribution in [3.8, 4) is 0 Å². The molecular weight excluding hydrogens is 458 g/mol. The molecule has 7 nitrogen and oxygen atoms in total. The molecule has 0 radical (unpaired) electrons. The summed E-state index contributed by atoms with van der Waals surface area (Å²) in [5.74, 6) is -0.349. The number of nitrogens with one attached hydrogen (secondary N) is 2. The number of thiophene rings is 1. The van der Waals surface area contributed by atoms with E-state index in [9.17, 15) is 18.0 Å². The molecule has 3 amide bonds. The van der Waals surface area contributed by atoms with Crippen LogP contribution in [0.3, 0.4) is 0 Å². The lowest BCUT2D eigenvalue weighted by Crippen LogP contribution is -2.43. The number of carbonyl (C=O) groups excluding carboxylic acids is 2. The summed E-state index contributed by atoms with van der Waals surface area (Å²) in [6, 6.07) is 14.9. The molecule has 9 heteroatoms. The second-order valence-corrected chi connectivity index (χ2v) is 12.5. The highest BCUT2D eigenvalue weighted by molar-refractivity contribution is 7.91. The highest BCUT2D eigenvalue weighted by Gasteiger charge is 2.30. The van der Waals surface area contributed by atoms with Crippen molar-refractivity contribution in [3.05, 3.63) is 59.0 Å². The summed E-state index contributed by atoms with van der Waals surface area (Å²) < 4.78 is 23.5. The van der Waals surface area contributed by atoms with Crippen molar-refractivity contribution in [2.45, 2.75) is 26.2 Å². The number of anilines is 2. The van der Waals surface area contributed by atoms with Gasteiger partial charge in [0.05, 0.1) is 17.1 Å².